The lowest BCUT2D eigenvalue weighted by Crippen LogP contribution is -2.30. The second kappa shape index (κ2) is 9.13. The molecule has 0 N–H and O–H groups in total. The van der Waals surface area contributed by atoms with E-state index in [0.717, 1.165) is 0 Å². The Hall–Kier alpha value is -3.58. The fourth-order valence-corrected chi connectivity index (χ4v) is 4.90. The van der Waals surface area contributed by atoms with Gasteiger partial charge in [0.05, 0.1) is 35.7 Å². The van der Waals surface area contributed by atoms with E-state index in [9.17, 15) is 22.4 Å². The van der Waals surface area contributed by atoms with Crippen LogP contribution in [0.4, 0.5) is 17.6 Å². The van der Waals surface area contributed by atoms with Crippen LogP contribution in [0.5, 0.6) is 5.75 Å². The van der Waals surface area contributed by atoms with Crippen molar-refractivity contribution >= 4 is 16.9 Å². The van der Waals surface area contributed by atoms with Crippen molar-refractivity contribution in [1.29, 1.82) is 0 Å². The summed E-state index contributed by atoms with van der Waals surface area (Å²) in [4.78, 5) is 21.2. The van der Waals surface area contributed by atoms with Crippen LogP contribution in [0, 0.1) is 11.8 Å². The zero-order valence-electron chi connectivity index (χ0n) is 19.8. The third kappa shape index (κ3) is 4.28. The van der Waals surface area contributed by atoms with Crippen LogP contribution >= 0.6 is 0 Å². The molecule has 0 spiro atoms. The molecule has 1 atom stereocenters. The molecular formula is C26H24F4N4O2. The third-order valence-corrected chi connectivity index (χ3v) is 6.61. The van der Waals surface area contributed by atoms with E-state index in [2.05, 4.69) is 11.8 Å². The van der Waals surface area contributed by atoms with E-state index in [4.69, 9.17) is 9.72 Å². The van der Waals surface area contributed by atoms with Crippen LogP contribution in [0.3, 0.4) is 0 Å². The molecule has 1 aromatic heterocycles. The summed E-state index contributed by atoms with van der Waals surface area (Å²) in [6, 6.07) is 9.40. The Morgan fingerprint density at radius 3 is 2.75 bits per heavy atom. The van der Waals surface area contributed by atoms with Crippen molar-refractivity contribution in [3.8, 4) is 23.3 Å². The summed E-state index contributed by atoms with van der Waals surface area (Å²) in [5.74, 6) is 3.35. The van der Waals surface area contributed by atoms with Crippen LogP contribution in [0.25, 0.3) is 16.7 Å². The smallest absolute Gasteiger partial charge is 0.387 e. The molecule has 188 valence electrons. The Morgan fingerprint density at radius 1 is 1.25 bits per heavy atom. The number of benzene rings is 2. The Kier molecular flexibility index (Phi) is 6.12. The molecule has 6 nitrogen and oxygen atoms in total. The van der Waals surface area contributed by atoms with Gasteiger partial charge in [0.15, 0.2) is 5.75 Å². The normalized spacial score (nSPS) is 19.1. The van der Waals surface area contributed by atoms with Crippen LogP contribution < -0.4 is 4.74 Å². The number of hydrogen-bond donors (Lipinski definition) is 0. The van der Waals surface area contributed by atoms with Gasteiger partial charge in [-0.15, -0.1) is 0 Å². The predicted molar refractivity (Wildman–Crippen MR) is 126 cm³/mol. The molecule has 2 aliphatic heterocycles. The number of rotatable bonds is 4. The molecule has 5 rings (SSSR count). The molecule has 1 amide bonds. The quantitative estimate of drug-likeness (QED) is 0.380. The lowest BCUT2D eigenvalue weighted by atomic mass is 10.1. The van der Waals surface area contributed by atoms with Gasteiger partial charge in [0.2, 0.25) is 0 Å². The maximum Gasteiger partial charge on any atom is 0.387 e. The van der Waals surface area contributed by atoms with E-state index >= 15 is 0 Å². The molecule has 0 radical (unpaired) electrons. The van der Waals surface area contributed by atoms with Gasteiger partial charge >= 0.3 is 6.61 Å². The minimum atomic E-state index is -3.08. The number of carbonyl (C=O) groups is 1. The largest absolute Gasteiger partial charge is 0.433 e. The minimum Gasteiger partial charge on any atom is -0.433 e. The average molecular weight is 500 g/mol. The highest BCUT2D eigenvalue weighted by Gasteiger charge is 2.38. The Balaban J connectivity index is 1.63. The maximum absolute atomic E-state index is 13.4. The van der Waals surface area contributed by atoms with Crippen LogP contribution in [-0.2, 0) is 0 Å². The van der Waals surface area contributed by atoms with Gasteiger partial charge < -0.3 is 9.64 Å². The molecule has 2 aliphatic rings. The molecule has 1 saturated heterocycles. The van der Waals surface area contributed by atoms with Gasteiger partial charge in [0.25, 0.3) is 11.8 Å². The van der Waals surface area contributed by atoms with E-state index in [1.165, 1.54) is 12.1 Å². The molecule has 3 aromatic rings. The lowest BCUT2D eigenvalue weighted by molar-refractivity contribution is -0.0498. The van der Waals surface area contributed by atoms with E-state index in [0.29, 0.717) is 35.4 Å². The summed E-state index contributed by atoms with van der Waals surface area (Å²) < 4.78 is 60.0. The van der Waals surface area contributed by atoms with Crippen LogP contribution in [0.1, 0.15) is 47.6 Å². The first-order valence-corrected chi connectivity index (χ1v) is 11.7. The highest BCUT2D eigenvalue weighted by Crippen LogP contribution is 2.40. The van der Waals surface area contributed by atoms with Crippen molar-refractivity contribution in [2.24, 2.45) is 0 Å². The van der Waals surface area contributed by atoms with Gasteiger partial charge in [-0.25, -0.2) is 13.8 Å². The molecule has 0 bridgehead atoms. The monoisotopic (exact) mass is 500 g/mol. The van der Waals surface area contributed by atoms with Crippen LogP contribution in [-0.4, -0.2) is 64.5 Å². The molecule has 0 aliphatic carbocycles. The van der Waals surface area contributed by atoms with Crippen molar-refractivity contribution in [3.05, 3.63) is 53.3 Å². The topological polar surface area (TPSA) is 50.6 Å². The molecule has 3 heterocycles. The number of alkyl halides is 4. The van der Waals surface area contributed by atoms with Gasteiger partial charge in [0, 0.05) is 25.6 Å². The van der Waals surface area contributed by atoms with E-state index in [-0.39, 0.29) is 42.4 Å². The summed E-state index contributed by atoms with van der Waals surface area (Å²) in [7, 11) is 1.66. The summed E-state index contributed by atoms with van der Waals surface area (Å²) in [6.07, 6.45) is 0.383. The first-order valence-electron chi connectivity index (χ1n) is 11.7. The van der Waals surface area contributed by atoms with Gasteiger partial charge in [-0.2, -0.15) is 8.78 Å². The number of halogens is 4. The number of fused-ring (bicyclic) bond motifs is 5. The van der Waals surface area contributed by atoms with Crippen molar-refractivity contribution in [2.45, 2.75) is 38.3 Å². The fraction of sp³-hybridized carbons (Fsp3) is 0.385. The number of hydrogen-bond acceptors (Lipinski definition) is 4. The van der Waals surface area contributed by atoms with E-state index < -0.39 is 18.6 Å². The maximum atomic E-state index is 13.4. The lowest BCUT2D eigenvalue weighted by Gasteiger charge is -2.24. The van der Waals surface area contributed by atoms with Gasteiger partial charge in [-0.1, -0.05) is 24.8 Å². The van der Waals surface area contributed by atoms with Gasteiger partial charge in [0.1, 0.15) is 11.5 Å². The summed E-state index contributed by atoms with van der Waals surface area (Å²) in [5.41, 5.74) is 2.22. The molecule has 2 aromatic carbocycles. The first-order chi connectivity index (χ1) is 17.2. The SMILES string of the molecule is CCC1c2nc3ccc(C#CCN4CCC(F)(F)C4)cc3n2-c2c(OC(F)F)cccc2C(=O)N1C. The molecule has 36 heavy (non-hydrogen) atoms. The average Bonchev–Trinajstić information content (AvgIpc) is 3.35. The number of ether oxygens (including phenoxy) is 1. The number of imidazole rings is 1. The molecule has 1 fully saturated rings. The zero-order chi connectivity index (χ0) is 25.6. The number of amides is 1. The summed E-state index contributed by atoms with van der Waals surface area (Å²) in [6.45, 7) is -0.957. The van der Waals surface area contributed by atoms with Gasteiger partial charge in [-0.05, 0) is 36.8 Å². The highest BCUT2D eigenvalue weighted by molar-refractivity contribution is 6.00. The summed E-state index contributed by atoms with van der Waals surface area (Å²) in [5, 5.41) is 0. The van der Waals surface area contributed by atoms with Crippen molar-refractivity contribution in [2.75, 3.05) is 26.7 Å². The van der Waals surface area contributed by atoms with Crippen LogP contribution in [0.2, 0.25) is 0 Å². The van der Waals surface area contributed by atoms with E-state index in [1.807, 2.05) is 6.92 Å². The van der Waals surface area contributed by atoms with Crippen molar-refractivity contribution < 1.29 is 27.1 Å². The Labute approximate surface area is 205 Å². The zero-order valence-corrected chi connectivity index (χ0v) is 19.8. The first kappa shape index (κ1) is 24.1. The van der Waals surface area contributed by atoms with Gasteiger partial charge in [-0.3, -0.25) is 14.3 Å². The van der Waals surface area contributed by atoms with Crippen LogP contribution in [0.15, 0.2) is 36.4 Å². The molecule has 1 unspecified atom stereocenters. The number of nitrogens with zero attached hydrogens (tertiary/aromatic N) is 4. The highest BCUT2D eigenvalue weighted by atomic mass is 19.3. The second-order valence-corrected chi connectivity index (χ2v) is 9.00. The number of para-hydroxylation sites is 1. The number of likely N-dealkylation sites (tertiary alicyclic amines) is 1. The molecule has 0 saturated carbocycles. The third-order valence-electron chi connectivity index (χ3n) is 6.61. The van der Waals surface area contributed by atoms with E-state index in [1.54, 1.807) is 45.7 Å². The van der Waals surface area contributed by atoms with Crippen molar-refractivity contribution in [3.63, 3.8) is 0 Å². The standard InChI is InChI=1S/C26H24F4N4O2/c1-3-19-23-31-18-10-9-16(6-5-12-33-13-11-26(29,30)15-33)14-20(18)34(23)22-17(24(35)32(19)2)7-4-8-21(22)36-25(27)28/h4,7-10,14,19,25H,3,11-13,15H2,1-2H3. The fourth-order valence-electron chi connectivity index (χ4n) is 4.90. The Bertz CT molecular complexity index is 1390. The minimum absolute atomic E-state index is 0.131. The van der Waals surface area contributed by atoms with Crippen molar-refractivity contribution in [1.82, 2.24) is 19.4 Å². The number of carbonyl (C=O) groups excluding carboxylic acids is 1. The Morgan fingerprint density at radius 2 is 2.06 bits per heavy atom. The molecular weight excluding hydrogens is 476 g/mol. The summed E-state index contributed by atoms with van der Waals surface area (Å²) >= 11 is 0. The number of aromatic nitrogens is 2. The predicted octanol–water partition coefficient (Wildman–Crippen LogP) is 4.86. The molecule has 10 heteroatoms. The second-order valence-electron chi connectivity index (χ2n) is 9.00.